The van der Waals surface area contributed by atoms with Crippen LogP contribution < -0.4 is 9.62 Å². The van der Waals surface area contributed by atoms with Crippen molar-refractivity contribution < 1.29 is 18.0 Å². The van der Waals surface area contributed by atoms with Gasteiger partial charge in [-0.1, -0.05) is 31.2 Å². The number of ketones is 1. The second kappa shape index (κ2) is 8.81. The summed E-state index contributed by atoms with van der Waals surface area (Å²) in [7, 11) is -3.52. The number of nitrogens with one attached hydrogen (secondary N) is 1. The smallest absolute Gasteiger partial charge is 0.232 e. The second-order valence-corrected chi connectivity index (χ2v) is 8.20. The first-order valence-electron chi connectivity index (χ1n) is 8.68. The molecule has 144 valence electrons. The summed E-state index contributed by atoms with van der Waals surface area (Å²) in [4.78, 5) is 23.7. The molecule has 0 atom stereocenters. The number of amides is 1. The van der Waals surface area contributed by atoms with Crippen molar-refractivity contribution in [3.8, 4) is 0 Å². The Hall–Kier alpha value is -2.67. The molecule has 0 unspecified atom stereocenters. The fourth-order valence-electron chi connectivity index (χ4n) is 2.63. The van der Waals surface area contributed by atoms with Crippen LogP contribution in [0.3, 0.4) is 0 Å². The number of sulfonamides is 1. The summed E-state index contributed by atoms with van der Waals surface area (Å²) >= 11 is 0. The molecule has 0 radical (unpaired) electrons. The van der Waals surface area contributed by atoms with E-state index in [-0.39, 0.29) is 24.7 Å². The lowest BCUT2D eigenvalue weighted by atomic mass is 10.1. The van der Waals surface area contributed by atoms with Crippen molar-refractivity contribution in [1.29, 1.82) is 0 Å². The van der Waals surface area contributed by atoms with Crippen molar-refractivity contribution in [2.45, 2.75) is 26.7 Å². The van der Waals surface area contributed by atoms with Crippen molar-refractivity contribution >= 4 is 33.1 Å². The first-order chi connectivity index (χ1) is 12.7. The van der Waals surface area contributed by atoms with E-state index in [2.05, 4.69) is 5.32 Å². The Kier molecular flexibility index (Phi) is 6.74. The molecule has 0 saturated heterocycles. The molecule has 1 N–H and O–H groups in total. The monoisotopic (exact) mass is 388 g/mol. The summed E-state index contributed by atoms with van der Waals surface area (Å²) < 4.78 is 25.5. The molecule has 0 bridgehead atoms. The number of nitrogens with zero attached hydrogens (tertiary/aromatic N) is 1. The van der Waals surface area contributed by atoms with Crippen molar-refractivity contribution in [3.63, 3.8) is 0 Å². The number of carbonyl (C=O) groups excluding carboxylic acids is 2. The van der Waals surface area contributed by atoms with Gasteiger partial charge in [-0.2, -0.15) is 0 Å². The Labute approximate surface area is 160 Å². The van der Waals surface area contributed by atoms with Gasteiger partial charge in [0.25, 0.3) is 0 Å². The summed E-state index contributed by atoms with van der Waals surface area (Å²) in [6.45, 7) is 3.51. The van der Waals surface area contributed by atoms with Crippen LogP contribution in [0.15, 0.2) is 48.5 Å². The number of benzene rings is 2. The standard InChI is InChI=1S/C20H24N2O4S/c1-4-16-8-10-19(11-9-16)22(27(3,25)26)13-12-20(24)21-18-7-5-6-17(14-18)15(2)23/h5-11,14H,4,12-13H2,1-3H3,(H,21,24). The Morgan fingerprint density at radius 2 is 1.74 bits per heavy atom. The maximum Gasteiger partial charge on any atom is 0.232 e. The van der Waals surface area contributed by atoms with Crippen LogP contribution in [0.2, 0.25) is 0 Å². The number of aryl methyl sites for hydroxylation is 1. The summed E-state index contributed by atoms with van der Waals surface area (Å²) in [5.41, 5.74) is 2.64. The Bertz CT molecular complexity index is 921. The molecule has 0 fully saturated rings. The average molecular weight is 388 g/mol. The largest absolute Gasteiger partial charge is 0.326 e. The molecule has 1 amide bonds. The van der Waals surface area contributed by atoms with Gasteiger partial charge in [0, 0.05) is 24.2 Å². The predicted molar refractivity (Wildman–Crippen MR) is 108 cm³/mol. The second-order valence-electron chi connectivity index (χ2n) is 6.29. The molecular weight excluding hydrogens is 364 g/mol. The van der Waals surface area contributed by atoms with Gasteiger partial charge in [-0.15, -0.1) is 0 Å². The molecule has 0 aliphatic carbocycles. The summed E-state index contributed by atoms with van der Waals surface area (Å²) in [5.74, 6) is -0.417. The van der Waals surface area contributed by atoms with Gasteiger partial charge in [0.2, 0.25) is 15.9 Å². The normalized spacial score (nSPS) is 11.1. The average Bonchev–Trinajstić information content (AvgIpc) is 2.61. The Balaban J connectivity index is 2.07. The van der Waals surface area contributed by atoms with E-state index in [1.165, 1.54) is 11.2 Å². The minimum Gasteiger partial charge on any atom is -0.326 e. The van der Waals surface area contributed by atoms with Crippen LogP contribution in [0.25, 0.3) is 0 Å². The Morgan fingerprint density at radius 3 is 2.30 bits per heavy atom. The molecule has 0 aliphatic rings. The number of Topliss-reactive ketones (excluding diaryl/α,β-unsaturated/α-hetero) is 1. The van der Waals surface area contributed by atoms with Crippen LogP contribution in [0, 0.1) is 0 Å². The molecule has 2 rings (SSSR count). The molecule has 0 aliphatic heterocycles. The number of hydrogen-bond acceptors (Lipinski definition) is 4. The Morgan fingerprint density at radius 1 is 1.07 bits per heavy atom. The molecule has 0 saturated carbocycles. The van der Waals surface area contributed by atoms with Crippen LogP contribution in [0.1, 0.15) is 36.2 Å². The van der Waals surface area contributed by atoms with Gasteiger partial charge in [-0.3, -0.25) is 13.9 Å². The fraction of sp³-hybridized carbons (Fsp3) is 0.300. The van der Waals surface area contributed by atoms with E-state index < -0.39 is 10.0 Å². The fourth-order valence-corrected chi connectivity index (χ4v) is 3.55. The number of rotatable bonds is 8. The van der Waals surface area contributed by atoms with Crippen LogP contribution in [-0.4, -0.2) is 32.9 Å². The maximum atomic E-state index is 12.2. The lowest BCUT2D eigenvalue weighted by Crippen LogP contribution is -2.33. The lowest BCUT2D eigenvalue weighted by Gasteiger charge is -2.22. The van der Waals surface area contributed by atoms with Crippen molar-refractivity contribution in [2.24, 2.45) is 0 Å². The van der Waals surface area contributed by atoms with Gasteiger partial charge in [-0.05, 0) is 43.2 Å². The van der Waals surface area contributed by atoms with Crippen molar-refractivity contribution in [1.82, 2.24) is 0 Å². The number of carbonyl (C=O) groups is 2. The van der Waals surface area contributed by atoms with Gasteiger partial charge in [0.15, 0.2) is 5.78 Å². The number of anilines is 2. The van der Waals surface area contributed by atoms with Gasteiger partial charge in [0.05, 0.1) is 11.9 Å². The zero-order valence-electron chi connectivity index (χ0n) is 15.7. The van der Waals surface area contributed by atoms with Crippen LogP contribution in [-0.2, 0) is 21.2 Å². The first kappa shape index (κ1) is 20.6. The SMILES string of the molecule is CCc1ccc(N(CCC(=O)Nc2cccc(C(C)=O)c2)S(C)(=O)=O)cc1. The lowest BCUT2D eigenvalue weighted by molar-refractivity contribution is -0.116. The van der Waals surface area contributed by atoms with E-state index in [1.54, 1.807) is 36.4 Å². The minimum absolute atomic E-state index is 0.00705. The molecule has 0 aromatic heterocycles. The summed E-state index contributed by atoms with van der Waals surface area (Å²) in [6.07, 6.45) is 1.97. The number of hydrogen-bond donors (Lipinski definition) is 1. The van der Waals surface area contributed by atoms with Gasteiger partial charge in [-0.25, -0.2) is 8.42 Å². The van der Waals surface area contributed by atoms with Crippen LogP contribution >= 0.6 is 0 Å². The predicted octanol–water partition coefficient (Wildman–Crippen LogP) is 3.25. The van der Waals surface area contributed by atoms with E-state index in [9.17, 15) is 18.0 Å². The first-order valence-corrected chi connectivity index (χ1v) is 10.5. The van der Waals surface area contributed by atoms with E-state index in [0.29, 0.717) is 16.9 Å². The third-order valence-corrected chi connectivity index (χ3v) is 5.32. The molecule has 2 aromatic rings. The van der Waals surface area contributed by atoms with Crippen molar-refractivity contribution in [2.75, 3.05) is 22.4 Å². The van der Waals surface area contributed by atoms with Gasteiger partial charge >= 0.3 is 0 Å². The van der Waals surface area contributed by atoms with E-state index in [4.69, 9.17) is 0 Å². The van der Waals surface area contributed by atoms with Crippen LogP contribution in [0.5, 0.6) is 0 Å². The molecular formula is C20H24N2O4S. The van der Waals surface area contributed by atoms with Crippen molar-refractivity contribution in [3.05, 3.63) is 59.7 Å². The molecule has 2 aromatic carbocycles. The summed E-state index contributed by atoms with van der Waals surface area (Å²) in [6, 6.07) is 13.9. The molecule has 0 heterocycles. The molecule has 7 heteroatoms. The van der Waals surface area contributed by atoms with Gasteiger partial charge in [0.1, 0.15) is 0 Å². The third kappa shape index (κ3) is 5.92. The highest BCUT2D eigenvalue weighted by atomic mass is 32.2. The third-order valence-electron chi connectivity index (χ3n) is 4.13. The molecule has 6 nitrogen and oxygen atoms in total. The van der Waals surface area contributed by atoms with E-state index >= 15 is 0 Å². The topological polar surface area (TPSA) is 83.6 Å². The van der Waals surface area contributed by atoms with E-state index in [1.807, 2.05) is 19.1 Å². The zero-order valence-corrected chi connectivity index (χ0v) is 16.5. The van der Waals surface area contributed by atoms with Crippen LogP contribution in [0.4, 0.5) is 11.4 Å². The molecule has 27 heavy (non-hydrogen) atoms. The highest BCUT2D eigenvalue weighted by Crippen LogP contribution is 2.19. The maximum absolute atomic E-state index is 12.2. The highest BCUT2D eigenvalue weighted by Gasteiger charge is 2.18. The highest BCUT2D eigenvalue weighted by molar-refractivity contribution is 7.92. The molecule has 0 spiro atoms. The summed E-state index contributed by atoms with van der Waals surface area (Å²) in [5, 5.41) is 2.70. The van der Waals surface area contributed by atoms with Gasteiger partial charge < -0.3 is 5.32 Å². The quantitative estimate of drug-likeness (QED) is 0.704. The minimum atomic E-state index is -3.52. The van der Waals surface area contributed by atoms with E-state index in [0.717, 1.165) is 18.2 Å². The zero-order chi connectivity index (χ0) is 20.0.